The number of hydrogen-bond donors (Lipinski definition) is 2. The van der Waals surface area contributed by atoms with Gasteiger partial charge in [0.05, 0.1) is 17.8 Å². The molecule has 2 N–H and O–H groups in total. The molecule has 0 bridgehead atoms. The molecule has 1 unspecified atom stereocenters. The van der Waals surface area contributed by atoms with Gasteiger partial charge in [-0.3, -0.25) is 9.89 Å². The molecule has 94 valence electrons. The fourth-order valence-electron chi connectivity index (χ4n) is 1.63. The minimum atomic E-state index is -0.120. The van der Waals surface area contributed by atoms with E-state index in [1.54, 1.807) is 18.0 Å². The Labute approximate surface area is 110 Å². The number of H-pyrrole nitrogens is 1. The van der Waals surface area contributed by atoms with Crippen LogP contribution in [0.1, 0.15) is 28.9 Å². The second kappa shape index (κ2) is 5.73. The lowest BCUT2D eigenvalue weighted by Gasteiger charge is -2.14. The summed E-state index contributed by atoms with van der Waals surface area (Å²) in [5.74, 6) is -0.120. The van der Waals surface area contributed by atoms with E-state index in [4.69, 9.17) is 0 Å². The Kier molecular flexibility index (Phi) is 4.04. The van der Waals surface area contributed by atoms with Crippen molar-refractivity contribution in [2.45, 2.75) is 17.9 Å². The number of thioether (sulfide) groups is 1. The van der Waals surface area contributed by atoms with Crippen molar-refractivity contribution in [3.63, 3.8) is 0 Å². The van der Waals surface area contributed by atoms with Crippen LogP contribution in [-0.4, -0.2) is 22.4 Å². The first-order valence-corrected chi connectivity index (χ1v) is 6.87. The molecule has 5 heteroatoms. The summed E-state index contributed by atoms with van der Waals surface area (Å²) < 4.78 is 0. The average molecular weight is 261 g/mol. The number of amides is 1. The molecule has 0 aliphatic rings. The third-order valence-corrected chi connectivity index (χ3v) is 3.47. The van der Waals surface area contributed by atoms with Crippen LogP contribution >= 0.6 is 11.8 Å². The number of hydrogen-bond acceptors (Lipinski definition) is 3. The van der Waals surface area contributed by atoms with E-state index in [1.807, 2.05) is 25.3 Å². The Morgan fingerprint density at radius 1 is 1.39 bits per heavy atom. The van der Waals surface area contributed by atoms with Crippen molar-refractivity contribution in [3.05, 3.63) is 47.8 Å². The summed E-state index contributed by atoms with van der Waals surface area (Å²) in [4.78, 5) is 13.1. The lowest BCUT2D eigenvalue weighted by molar-refractivity contribution is 0.0940. The minimum absolute atomic E-state index is 0.0247. The maximum absolute atomic E-state index is 11.8. The van der Waals surface area contributed by atoms with E-state index in [2.05, 4.69) is 27.6 Å². The molecule has 0 spiro atoms. The third-order valence-electron chi connectivity index (χ3n) is 2.72. The maximum atomic E-state index is 11.8. The van der Waals surface area contributed by atoms with Crippen LogP contribution in [0, 0.1) is 0 Å². The fraction of sp³-hybridized carbons (Fsp3) is 0.231. The molecule has 0 aliphatic heterocycles. The van der Waals surface area contributed by atoms with Crippen LogP contribution in [0.15, 0.2) is 41.6 Å². The lowest BCUT2D eigenvalue weighted by atomic mass is 10.1. The maximum Gasteiger partial charge on any atom is 0.254 e. The fourth-order valence-corrected chi connectivity index (χ4v) is 2.04. The Bertz CT molecular complexity index is 508. The minimum Gasteiger partial charge on any atom is -0.345 e. The van der Waals surface area contributed by atoms with Gasteiger partial charge < -0.3 is 5.32 Å². The topological polar surface area (TPSA) is 57.8 Å². The van der Waals surface area contributed by atoms with Crippen molar-refractivity contribution < 1.29 is 4.79 Å². The van der Waals surface area contributed by atoms with Gasteiger partial charge in [-0.05, 0) is 30.9 Å². The molecule has 4 nitrogen and oxygen atoms in total. The molecule has 18 heavy (non-hydrogen) atoms. The Morgan fingerprint density at radius 3 is 2.67 bits per heavy atom. The van der Waals surface area contributed by atoms with Crippen molar-refractivity contribution >= 4 is 17.7 Å². The van der Waals surface area contributed by atoms with Gasteiger partial charge in [0.1, 0.15) is 0 Å². The van der Waals surface area contributed by atoms with Gasteiger partial charge in [-0.25, -0.2) is 0 Å². The molecule has 0 radical (unpaired) electrons. The average Bonchev–Trinajstić information content (AvgIpc) is 2.92. The first-order valence-electron chi connectivity index (χ1n) is 5.64. The van der Waals surface area contributed by atoms with E-state index >= 15 is 0 Å². The van der Waals surface area contributed by atoms with Crippen LogP contribution in [-0.2, 0) is 0 Å². The summed E-state index contributed by atoms with van der Waals surface area (Å²) in [5, 5.41) is 9.31. The Hall–Kier alpha value is -1.75. The van der Waals surface area contributed by atoms with E-state index < -0.39 is 0 Å². The molecule has 0 aliphatic carbocycles. The van der Waals surface area contributed by atoms with Crippen LogP contribution in [0.2, 0.25) is 0 Å². The first kappa shape index (κ1) is 12.7. The van der Waals surface area contributed by atoms with Crippen LogP contribution in [0.5, 0.6) is 0 Å². The summed E-state index contributed by atoms with van der Waals surface area (Å²) in [6, 6.07) is 8.16. The molecular weight excluding hydrogens is 246 g/mol. The molecule has 1 aromatic carbocycles. The van der Waals surface area contributed by atoms with Crippen molar-refractivity contribution in [2.24, 2.45) is 0 Å². The number of carbonyl (C=O) groups excluding carboxylic acids is 1. The molecule has 0 saturated heterocycles. The largest absolute Gasteiger partial charge is 0.345 e. The molecule has 1 heterocycles. The lowest BCUT2D eigenvalue weighted by Crippen LogP contribution is -2.26. The monoisotopic (exact) mass is 261 g/mol. The quantitative estimate of drug-likeness (QED) is 0.832. The smallest absolute Gasteiger partial charge is 0.254 e. The van der Waals surface area contributed by atoms with E-state index in [-0.39, 0.29) is 11.9 Å². The Morgan fingerprint density at radius 2 is 2.11 bits per heavy atom. The summed E-state index contributed by atoms with van der Waals surface area (Å²) >= 11 is 1.70. The van der Waals surface area contributed by atoms with Gasteiger partial charge in [0.25, 0.3) is 5.91 Å². The van der Waals surface area contributed by atoms with Crippen LogP contribution in [0.4, 0.5) is 0 Å². The predicted octanol–water partition coefficient (Wildman–Crippen LogP) is 2.62. The van der Waals surface area contributed by atoms with E-state index in [0.29, 0.717) is 5.56 Å². The number of carbonyl (C=O) groups is 1. The van der Waals surface area contributed by atoms with E-state index in [0.717, 1.165) is 5.56 Å². The van der Waals surface area contributed by atoms with Crippen LogP contribution in [0.25, 0.3) is 0 Å². The predicted molar refractivity (Wildman–Crippen MR) is 72.7 cm³/mol. The first-order chi connectivity index (χ1) is 8.70. The molecule has 1 aromatic heterocycles. The molecule has 2 rings (SSSR count). The molecule has 0 saturated carbocycles. The number of aromatic nitrogens is 2. The standard InChI is InChI=1S/C13H15N3OS/c1-9(10-3-5-12(18-2)6-4-10)16-13(17)11-7-14-15-8-11/h3-9H,1-2H3,(H,14,15)(H,16,17). The second-order valence-electron chi connectivity index (χ2n) is 3.96. The summed E-state index contributed by atoms with van der Waals surface area (Å²) in [7, 11) is 0. The molecule has 0 fully saturated rings. The number of rotatable bonds is 4. The van der Waals surface area contributed by atoms with E-state index in [9.17, 15) is 4.79 Å². The molecule has 1 atom stereocenters. The van der Waals surface area contributed by atoms with Gasteiger partial charge in [0.15, 0.2) is 0 Å². The molecule has 1 amide bonds. The highest BCUT2D eigenvalue weighted by molar-refractivity contribution is 7.98. The van der Waals surface area contributed by atoms with Gasteiger partial charge in [-0.15, -0.1) is 11.8 Å². The zero-order valence-corrected chi connectivity index (χ0v) is 11.1. The highest BCUT2D eigenvalue weighted by Gasteiger charge is 2.11. The van der Waals surface area contributed by atoms with Gasteiger partial charge in [0.2, 0.25) is 0 Å². The molecular formula is C13H15N3OS. The van der Waals surface area contributed by atoms with Crippen molar-refractivity contribution in [2.75, 3.05) is 6.26 Å². The van der Waals surface area contributed by atoms with Crippen molar-refractivity contribution in [1.82, 2.24) is 15.5 Å². The van der Waals surface area contributed by atoms with Gasteiger partial charge in [-0.2, -0.15) is 5.10 Å². The zero-order chi connectivity index (χ0) is 13.0. The van der Waals surface area contributed by atoms with Gasteiger partial charge in [-0.1, -0.05) is 12.1 Å². The SMILES string of the molecule is CSc1ccc(C(C)NC(=O)c2cn[nH]c2)cc1. The van der Waals surface area contributed by atoms with Gasteiger partial charge >= 0.3 is 0 Å². The summed E-state index contributed by atoms with van der Waals surface area (Å²) in [6.45, 7) is 1.96. The number of benzene rings is 1. The number of nitrogens with zero attached hydrogens (tertiary/aromatic N) is 1. The molecule has 2 aromatic rings. The highest BCUT2D eigenvalue weighted by Crippen LogP contribution is 2.19. The summed E-state index contributed by atoms with van der Waals surface area (Å²) in [6.07, 6.45) is 5.14. The number of aromatic amines is 1. The zero-order valence-electron chi connectivity index (χ0n) is 10.3. The normalized spacial score (nSPS) is 12.1. The highest BCUT2D eigenvalue weighted by atomic mass is 32.2. The Balaban J connectivity index is 2.02. The van der Waals surface area contributed by atoms with Crippen molar-refractivity contribution in [1.29, 1.82) is 0 Å². The van der Waals surface area contributed by atoms with Crippen LogP contribution in [0.3, 0.4) is 0 Å². The van der Waals surface area contributed by atoms with Crippen LogP contribution < -0.4 is 5.32 Å². The second-order valence-corrected chi connectivity index (χ2v) is 4.83. The van der Waals surface area contributed by atoms with Gasteiger partial charge in [0, 0.05) is 11.1 Å². The van der Waals surface area contributed by atoms with E-state index in [1.165, 1.54) is 11.1 Å². The number of nitrogens with one attached hydrogen (secondary N) is 2. The third kappa shape index (κ3) is 2.92. The van der Waals surface area contributed by atoms with Crippen molar-refractivity contribution in [3.8, 4) is 0 Å². The summed E-state index contributed by atoms with van der Waals surface area (Å²) in [5.41, 5.74) is 1.63.